The highest BCUT2D eigenvalue weighted by atomic mass is 16.3. The summed E-state index contributed by atoms with van der Waals surface area (Å²) in [6.45, 7) is 1.26. The van der Waals surface area contributed by atoms with Crippen molar-refractivity contribution in [1.82, 2.24) is 30.1 Å². The number of hydrogen-bond donors (Lipinski definition) is 4. The molecule has 1 heterocycles. The van der Waals surface area contributed by atoms with Gasteiger partial charge in [-0.2, -0.15) is 0 Å². The minimum absolute atomic E-state index is 0.0319. The largest absolute Gasteiger partial charge is 0.395 e. The summed E-state index contributed by atoms with van der Waals surface area (Å²) in [6, 6.07) is 10.0. The van der Waals surface area contributed by atoms with E-state index in [0.29, 0.717) is 13.1 Å². The summed E-state index contributed by atoms with van der Waals surface area (Å²) in [6.07, 6.45) is 0.288. The lowest BCUT2D eigenvalue weighted by Crippen LogP contribution is -2.48. The Morgan fingerprint density at radius 1 is 0.947 bits per heavy atom. The Morgan fingerprint density at radius 2 is 1.63 bits per heavy atom. The molecule has 0 radical (unpaired) electrons. The van der Waals surface area contributed by atoms with Crippen molar-refractivity contribution in [2.75, 3.05) is 60.0 Å². The Balaban J connectivity index is 1.96. The molecule has 0 aliphatic carbocycles. The number of aryl methyl sites for hydroxylation is 1. The smallest absolute Gasteiger partial charge is 0.242 e. The molecule has 0 aliphatic rings. The van der Waals surface area contributed by atoms with Gasteiger partial charge in [0, 0.05) is 57.3 Å². The summed E-state index contributed by atoms with van der Waals surface area (Å²) >= 11 is 0. The van der Waals surface area contributed by atoms with Gasteiger partial charge in [0.05, 0.1) is 32.8 Å². The van der Waals surface area contributed by atoms with Crippen molar-refractivity contribution < 1.29 is 29.4 Å². The van der Waals surface area contributed by atoms with Crippen LogP contribution >= 0.6 is 0 Å². The predicted molar refractivity (Wildman–Crippen MR) is 143 cm³/mol. The number of fused-ring (bicyclic) bond motifs is 1. The van der Waals surface area contributed by atoms with Crippen LogP contribution in [0.25, 0.3) is 10.9 Å². The number of aliphatic hydroxyl groups excluding tert-OH is 2. The molecule has 4 N–H and O–H groups in total. The minimum Gasteiger partial charge on any atom is -0.395 e. The molecule has 0 atom stereocenters. The van der Waals surface area contributed by atoms with E-state index in [-0.39, 0.29) is 70.5 Å². The lowest BCUT2D eigenvalue weighted by atomic mass is 10.2. The first kappa shape index (κ1) is 30.9. The molecule has 0 aliphatic heterocycles. The Morgan fingerprint density at radius 3 is 2.29 bits per heavy atom. The first-order valence-electron chi connectivity index (χ1n) is 12.7. The summed E-state index contributed by atoms with van der Waals surface area (Å²) in [7, 11) is 3.76. The first-order chi connectivity index (χ1) is 18.2. The number of aliphatic hydroxyl groups is 2. The zero-order valence-electron chi connectivity index (χ0n) is 22.5. The number of carbonyl (C=O) groups excluding carboxylic acids is 4. The Labute approximate surface area is 223 Å². The highest BCUT2D eigenvalue weighted by Gasteiger charge is 2.21. The van der Waals surface area contributed by atoms with Crippen LogP contribution in [0.1, 0.15) is 25.5 Å². The molecule has 210 valence electrons. The molecular formula is C26H40N6O6. The number of amides is 3. The normalized spacial score (nSPS) is 11.1. The molecule has 2 rings (SSSR count). The van der Waals surface area contributed by atoms with Crippen molar-refractivity contribution in [3.8, 4) is 0 Å². The van der Waals surface area contributed by atoms with E-state index in [1.165, 1.54) is 11.8 Å². The van der Waals surface area contributed by atoms with Crippen LogP contribution in [-0.2, 0) is 32.3 Å². The molecule has 38 heavy (non-hydrogen) atoms. The van der Waals surface area contributed by atoms with Gasteiger partial charge >= 0.3 is 0 Å². The number of carbonyl (C=O) groups is 4. The zero-order chi connectivity index (χ0) is 28.1. The fourth-order valence-electron chi connectivity index (χ4n) is 4.02. The van der Waals surface area contributed by atoms with Crippen LogP contribution in [0.2, 0.25) is 0 Å². The maximum Gasteiger partial charge on any atom is 0.242 e. The van der Waals surface area contributed by atoms with E-state index in [9.17, 15) is 29.4 Å². The van der Waals surface area contributed by atoms with Crippen molar-refractivity contribution in [1.29, 1.82) is 0 Å². The molecule has 1 aromatic heterocycles. The molecule has 0 unspecified atom stereocenters. The van der Waals surface area contributed by atoms with Crippen molar-refractivity contribution in [3.63, 3.8) is 0 Å². The highest BCUT2D eigenvalue weighted by Crippen LogP contribution is 2.21. The minimum atomic E-state index is -0.515. The molecule has 0 saturated heterocycles. The summed E-state index contributed by atoms with van der Waals surface area (Å²) in [5.41, 5.74) is 5.12. The number of ketones is 1. The summed E-state index contributed by atoms with van der Waals surface area (Å²) < 4.78 is 2.08. The van der Waals surface area contributed by atoms with Gasteiger partial charge in [0.25, 0.3) is 0 Å². The molecule has 1 aromatic carbocycles. The molecule has 12 heteroatoms. The second-order valence-corrected chi connectivity index (χ2v) is 9.05. The monoisotopic (exact) mass is 532 g/mol. The van der Waals surface area contributed by atoms with Gasteiger partial charge in [-0.25, -0.2) is 5.01 Å². The summed E-state index contributed by atoms with van der Waals surface area (Å²) in [5.74, 6) is -1.38. The van der Waals surface area contributed by atoms with Crippen molar-refractivity contribution in [2.45, 2.75) is 32.9 Å². The molecule has 0 fully saturated rings. The number of aromatic nitrogens is 1. The van der Waals surface area contributed by atoms with E-state index in [4.69, 9.17) is 0 Å². The molecule has 0 spiro atoms. The zero-order valence-corrected chi connectivity index (χ0v) is 22.5. The van der Waals surface area contributed by atoms with Crippen molar-refractivity contribution in [3.05, 3.63) is 36.0 Å². The van der Waals surface area contributed by atoms with Gasteiger partial charge < -0.3 is 29.9 Å². The van der Waals surface area contributed by atoms with Gasteiger partial charge in [-0.1, -0.05) is 18.2 Å². The van der Waals surface area contributed by atoms with E-state index in [1.54, 1.807) is 0 Å². The molecule has 0 saturated carbocycles. The van der Waals surface area contributed by atoms with Gasteiger partial charge in [0.15, 0.2) is 0 Å². The Bertz CT molecular complexity index is 1090. The lowest BCUT2D eigenvalue weighted by Gasteiger charge is -2.27. The molecule has 2 aromatic rings. The van der Waals surface area contributed by atoms with E-state index < -0.39 is 11.8 Å². The van der Waals surface area contributed by atoms with E-state index in [1.807, 2.05) is 43.4 Å². The maximum atomic E-state index is 12.7. The topological polar surface area (TPSA) is 147 Å². The van der Waals surface area contributed by atoms with E-state index in [2.05, 4.69) is 21.4 Å². The Kier molecular flexibility index (Phi) is 12.9. The highest BCUT2D eigenvalue weighted by molar-refractivity contribution is 5.88. The third-order valence-corrected chi connectivity index (χ3v) is 6.18. The van der Waals surface area contributed by atoms with Crippen LogP contribution < -0.4 is 10.7 Å². The molecule has 12 nitrogen and oxygen atoms in total. The van der Waals surface area contributed by atoms with Crippen molar-refractivity contribution in [2.24, 2.45) is 0 Å². The molecule has 3 amide bonds. The van der Waals surface area contributed by atoms with Gasteiger partial charge in [0.1, 0.15) is 5.78 Å². The fourth-order valence-corrected chi connectivity index (χ4v) is 4.02. The average Bonchev–Trinajstić information content (AvgIpc) is 3.24. The number of nitrogens with one attached hydrogen (secondary N) is 2. The number of para-hydroxylation sites is 1. The van der Waals surface area contributed by atoms with Crippen LogP contribution in [-0.4, -0.2) is 113 Å². The third-order valence-electron chi connectivity index (χ3n) is 6.18. The van der Waals surface area contributed by atoms with Crippen LogP contribution in [0.15, 0.2) is 30.3 Å². The molecular weight excluding hydrogens is 492 g/mol. The van der Waals surface area contributed by atoms with Crippen LogP contribution in [0, 0.1) is 0 Å². The fraction of sp³-hybridized carbons (Fsp3) is 0.538. The van der Waals surface area contributed by atoms with Gasteiger partial charge in [-0.3, -0.25) is 24.6 Å². The molecule has 0 bridgehead atoms. The SMILES string of the molecule is CNN(C)Cc1cc2ccccc2n1CCC(=O)NCC(=O)N(CCO)CC(=O)N(CCO)CCC(C)=O. The second kappa shape index (κ2) is 15.8. The van der Waals surface area contributed by atoms with Crippen LogP contribution in [0.3, 0.4) is 0 Å². The lowest BCUT2D eigenvalue weighted by molar-refractivity contribution is -0.141. The number of hydrogen-bond acceptors (Lipinski definition) is 8. The van der Waals surface area contributed by atoms with E-state index >= 15 is 0 Å². The number of rotatable bonds is 17. The Hall–Kier alpha value is -3.32. The average molecular weight is 533 g/mol. The summed E-state index contributed by atoms with van der Waals surface area (Å²) in [4.78, 5) is 51.8. The quantitative estimate of drug-likeness (QED) is 0.196. The predicted octanol–water partition coefficient (Wildman–Crippen LogP) is -0.665. The first-order valence-corrected chi connectivity index (χ1v) is 12.7. The van der Waals surface area contributed by atoms with Crippen LogP contribution in [0.5, 0.6) is 0 Å². The summed E-state index contributed by atoms with van der Waals surface area (Å²) in [5, 5.41) is 24.2. The van der Waals surface area contributed by atoms with Crippen LogP contribution in [0.4, 0.5) is 0 Å². The third kappa shape index (κ3) is 9.53. The second-order valence-electron chi connectivity index (χ2n) is 9.05. The van der Waals surface area contributed by atoms with Gasteiger partial charge in [-0.05, 0) is 31.5 Å². The number of nitrogens with zero attached hydrogens (tertiary/aromatic N) is 4. The van der Waals surface area contributed by atoms with E-state index in [0.717, 1.165) is 21.5 Å². The number of Topliss-reactive ketones (excluding diaryl/α,β-unsaturated/α-hetero) is 1. The maximum absolute atomic E-state index is 12.7. The van der Waals surface area contributed by atoms with Gasteiger partial charge in [0.2, 0.25) is 17.7 Å². The standard InChI is InChI=1S/C26H40N6O6/c1-20(35)8-10-30(12-14-33)26(38)19-31(13-15-34)25(37)17-28-24(36)9-11-32-22(18-29(3)27-2)16-21-6-4-5-7-23(21)32/h4-7,16,27,33-34H,8-15,17-19H2,1-3H3,(H,28,36). The number of benzene rings is 1. The van der Waals surface area contributed by atoms with Gasteiger partial charge in [-0.15, -0.1) is 0 Å². The number of hydrazine groups is 1. The van der Waals surface area contributed by atoms with Crippen molar-refractivity contribution >= 4 is 34.4 Å².